The average molecular weight is 173 g/mol. The topological polar surface area (TPSA) is 12.5 Å². The molecule has 0 bridgehead atoms. The molecule has 0 aliphatic heterocycles. The quantitative estimate of drug-likeness (QED) is 0.610. The van der Waals surface area contributed by atoms with Crippen molar-refractivity contribution in [2.75, 3.05) is 26.2 Å². The highest BCUT2D eigenvalue weighted by atomic mass is 16.5. The van der Waals surface area contributed by atoms with Gasteiger partial charge in [0.25, 0.3) is 0 Å². The van der Waals surface area contributed by atoms with Gasteiger partial charge >= 0.3 is 0 Å². The van der Waals surface area contributed by atoms with E-state index >= 15 is 0 Å². The van der Waals surface area contributed by atoms with Crippen molar-refractivity contribution in [2.24, 2.45) is 0 Å². The number of hydrogen-bond acceptors (Lipinski definition) is 2. The van der Waals surface area contributed by atoms with E-state index < -0.39 is 0 Å². The summed E-state index contributed by atoms with van der Waals surface area (Å²) >= 11 is 0. The standard InChI is InChI=1S/C10H23NO/c1-6-11(7-2)9-10(4,5)12-8-3/h6-9H2,1-5H3. The number of nitrogens with zero attached hydrogens (tertiary/aromatic N) is 1. The number of rotatable bonds is 6. The third-order valence-corrected chi connectivity index (χ3v) is 2.03. The summed E-state index contributed by atoms with van der Waals surface area (Å²) in [5.74, 6) is 0. The lowest BCUT2D eigenvalue weighted by molar-refractivity contribution is -0.0324. The van der Waals surface area contributed by atoms with Gasteiger partial charge in [0.05, 0.1) is 5.60 Å². The zero-order chi connectivity index (χ0) is 9.61. The number of ether oxygens (including phenoxy) is 1. The lowest BCUT2D eigenvalue weighted by Gasteiger charge is -2.31. The Labute approximate surface area is 76.9 Å². The third kappa shape index (κ3) is 4.73. The van der Waals surface area contributed by atoms with Crippen LogP contribution in [-0.2, 0) is 4.74 Å². The highest BCUT2D eigenvalue weighted by Crippen LogP contribution is 2.10. The van der Waals surface area contributed by atoms with Crippen LogP contribution in [0.15, 0.2) is 0 Å². The zero-order valence-electron chi connectivity index (χ0n) is 9.18. The molecule has 0 saturated carbocycles. The molecule has 0 aliphatic rings. The molecular weight excluding hydrogens is 150 g/mol. The van der Waals surface area contributed by atoms with E-state index in [1.165, 1.54) is 0 Å². The van der Waals surface area contributed by atoms with E-state index in [1.54, 1.807) is 0 Å². The van der Waals surface area contributed by atoms with Gasteiger partial charge in [0.2, 0.25) is 0 Å². The Morgan fingerprint density at radius 1 is 1.08 bits per heavy atom. The molecule has 12 heavy (non-hydrogen) atoms. The van der Waals surface area contributed by atoms with Crippen LogP contribution in [0.2, 0.25) is 0 Å². The first kappa shape index (κ1) is 11.9. The van der Waals surface area contributed by atoms with E-state index in [2.05, 4.69) is 32.6 Å². The molecule has 0 N–H and O–H groups in total. The summed E-state index contributed by atoms with van der Waals surface area (Å²) in [5.41, 5.74) is 0.000764. The monoisotopic (exact) mass is 173 g/mol. The van der Waals surface area contributed by atoms with Crippen LogP contribution in [0.5, 0.6) is 0 Å². The van der Waals surface area contributed by atoms with Crippen LogP contribution in [0.3, 0.4) is 0 Å². The summed E-state index contributed by atoms with van der Waals surface area (Å²) in [5, 5.41) is 0. The highest BCUT2D eigenvalue weighted by molar-refractivity contribution is 4.73. The van der Waals surface area contributed by atoms with E-state index in [0.717, 1.165) is 26.2 Å². The van der Waals surface area contributed by atoms with Crippen molar-refractivity contribution in [3.8, 4) is 0 Å². The van der Waals surface area contributed by atoms with Crippen molar-refractivity contribution in [3.63, 3.8) is 0 Å². The first-order chi connectivity index (χ1) is 5.55. The normalized spacial score (nSPS) is 12.5. The van der Waals surface area contributed by atoms with Gasteiger partial charge in [-0.3, -0.25) is 0 Å². The summed E-state index contributed by atoms with van der Waals surface area (Å²) in [6, 6.07) is 0. The zero-order valence-corrected chi connectivity index (χ0v) is 9.18. The molecule has 0 rings (SSSR count). The molecule has 0 spiro atoms. The van der Waals surface area contributed by atoms with E-state index in [4.69, 9.17) is 4.74 Å². The molecular formula is C10H23NO. The maximum absolute atomic E-state index is 5.62. The van der Waals surface area contributed by atoms with Crippen LogP contribution in [0.4, 0.5) is 0 Å². The molecule has 0 unspecified atom stereocenters. The number of likely N-dealkylation sites (N-methyl/N-ethyl adjacent to an activating group) is 1. The largest absolute Gasteiger partial charge is 0.375 e. The minimum absolute atomic E-state index is 0.000764. The molecule has 0 fully saturated rings. The Kier molecular flexibility index (Phi) is 5.51. The van der Waals surface area contributed by atoms with Crippen molar-refractivity contribution in [1.29, 1.82) is 0 Å². The van der Waals surface area contributed by atoms with E-state index in [1.807, 2.05) is 6.92 Å². The van der Waals surface area contributed by atoms with Gasteiger partial charge in [-0.2, -0.15) is 0 Å². The maximum atomic E-state index is 5.62. The van der Waals surface area contributed by atoms with Crippen LogP contribution >= 0.6 is 0 Å². The van der Waals surface area contributed by atoms with Crippen molar-refractivity contribution < 1.29 is 4.74 Å². The molecule has 2 heteroatoms. The van der Waals surface area contributed by atoms with Crippen LogP contribution in [0.1, 0.15) is 34.6 Å². The molecule has 0 amide bonds. The van der Waals surface area contributed by atoms with E-state index in [0.29, 0.717) is 0 Å². The lowest BCUT2D eigenvalue weighted by atomic mass is 10.1. The SMILES string of the molecule is CCOC(C)(C)CN(CC)CC. The minimum atomic E-state index is 0.000764. The van der Waals surface area contributed by atoms with Gasteiger partial charge in [-0.15, -0.1) is 0 Å². The summed E-state index contributed by atoms with van der Waals surface area (Å²) in [4.78, 5) is 2.38. The fraction of sp³-hybridized carbons (Fsp3) is 1.00. The second-order valence-electron chi connectivity index (χ2n) is 3.65. The summed E-state index contributed by atoms with van der Waals surface area (Å²) in [6.45, 7) is 14.7. The first-order valence-corrected chi connectivity index (χ1v) is 4.92. The van der Waals surface area contributed by atoms with Gasteiger partial charge < -0.3 is 9.64 Å². The minimum Gasteiger partial charge on any atom is -0.375 e. The molecule has 2 nitrogen and oxygen atoms in total. The van der Waals surface area contributed by atoms with Gasteiger partial charge in [-0.1, -0.05) is 13.8 Å². The Bertz CT molecular complexity index is 108. The predicted octanol–water partition coefficient (Wildman–Crippen LogP) is 2.14. The van der Waals surface area contributed by atoms with Crippen LogP contribution < -0.4 is 0 Å². The second kappa shape index (κ2) is 5.55. The molecule has 0 heterocycles. The molecule has 0 aliphatic carbocycles. The van der Waals surface area contributed by atoms with Gasteiger partial charge in [0.1, 0.15) is 0 Å². The summed E-state index contributed by atoms with van der Waals surface area (Å²) in [6.07, 6.45) is 0. The Hall–Kier alpha value is -0.0800. The molecule has 0 saturated heterocycles. The molecule has 0 aromatic heterocycles. The number of hydrogen-bond donors (Lipinski definition) is 0. The lowest BCUT2D eigenvalue weighted by Crippen LogP contribution is -2.40. The molecule has 0 aromatic rings. The van der Waals surface area contributed by atoms with Crippen molar-refractivity contribution in [3.05, 3.63) is 0 Å². The van der Waals surface area contributed by atoms with Crippen molar-refractivity contribution in [2.45, 2.75) is 40.2 Å². The maximum Gasteiger partial charge on any atom is 0.0752 e. The van der Waals surface area contributed by atoms with Gasteiger partial charge in [0.15, 0.2) is 0 Å². The van der Waals surface area contributed by atoms with Crippen molar-refractivity contribution in [1.82, 2.24) is 4.90 Å². The van der Waals surface area contributed by atoms with Crippen LogP contribution in [0, 0.1) is 0 Å². The summed E-state index contributed by atoms with van der Waals surface area (Å²) < 4.78 is 5.62. The van der Waals surface area contributed by atoms with E-state index in [-0.39, 0.29) is 5.60 Å². The highest BCUT2D eigenvalue weighted by Gasteiger charge is 2.19. The third-order valence-electron chi connectivity index (χ3n) is 2.03. The molecule has 0 aromatic carbocycles. The molecule has 0 atom stereocenters. The van der Waals surface area contributed by atoms with E-state index in [9.17, 15) is 0 Å². The first-order valence-electron chi connectivity index (χ1n) is 4.92. The Morgan fingerprint density at radius 2 is 1.58 bits per heavy atom. The van der Waals surface area contributed by atoms with Crippen LogP contribution in [-0.4, -0.2) is 36.7 Å². The van der Waals surface area contributed by atoms with Crippen LogP contribution in [0.25, 0.3) is 0 Å². The molecule has 0 radical (unpaired) electrons. The fourth-order valence-electron chi connectivity index (χ4n) is 1.42. The predicted molar refractivity (Wildman–Crippen MR) is 53.5 cm³/mol. The fourth-order valence-corrected chi connectivity index (χ4v) is 1.42. The van der Waals surface area contributed by atoms with Crippen molar-refractivity contribution >= 4 is 0 Å². The Morgan fingerprint density at radius 3 is 1.92 bits per heavy atom. The Balaban J connectivity index is 3.84. The second-order valence-corrected chi connectivity index (χ2v) is 3.65. The van der Waals surface area contributed by atoms with Gasteiger partial charge in [0, 0.05) is 13.2 Å². The van der Waals surface area contributed by atoms with Gasteiger partial charge in [-0.05, 0) is 33.9 Å². The molecule has 74 valence electrons. The summed E-state index contributed by atoms with van der Waals surface area (Å²) in [7, 11) is 0. The average Bonchev–Trinajstić information content (AvgIpc) is 2.00. The van der Waals surface area contributed by atoms with Gasteiger partial charge in [-0.25, -0.2) is 0 Å². The smallest absolute Gasteiger partial charge is 0.0752 e.